The smallest absolute Gasteiger partial charge is 0.350 e. The quantitative estimate of drug-likeness (QED) is 0.434. The molecule has 1 atom stereocenters. The van der Waals surface area contributed by atoms with Crippen LogP contribution in [0.1, 0.15) is 51.8 Å². The number of ether oxygens (including phenoxy) is 1. The van der Waals surface area contributed by atoms with Gasteiger partial charge in [-0.2, -0.15) is 4.68 Å². The van der Waals surface area contributed by atoms with Crippen molar-refractivity contribution in [3.05, 3.63) is 62.2 Å². The molecule has 2 aromatic rings. The van der Waals surface area contributed by atoms with Crippen molar-refractivity contribution in [3.8, 4) is 5.75 Å². The molecule has 0 bridgehead atoms. The number of halogens is 1. The average molecular weight is 479 g/mol. The van der Waals surface area contributed by atoms with Crippen LogP contribution in [0.25, 0.3) is 0 Å². The lowest BCUT2D eigenvalue weighted by molar-refractivity contribution is -0.122. The van der Waals surface area contributed by atoms with Gasteiger partial charge in [0.15, 0.2) is 0 Å². The van der Waals surface area contributed by atoms with E-state index in [1.54, 1.807) is 27.7 Å². The van der Waals surface area contributed by atoms with Gasteiger partial charge in [0.25, 0.3) is 5.56 Å². The second-order valence-corrected chi connectivity index (χ2v) is 8.34. The Hall–Kier alpha value is -3.47. The molecule has 34 heavy (non-hydrogen) atoms. The number of rotatable bonds is 9. The Balaban J connectivity index is 2.69. The minimum Gasteiger partial charge on any atom is -0.496 e. The van der Waals surface area contributed by atoms with E-state index >= 15 is 0 Å². The van der Waals surface area contributed by atoms with Crippen LogP contribution in [0.15, 0.2) is 39.1 Å². The minimum absolute atomic E-state index is 0.0120. The first-order valence-corrected chi connectivity index (χ1v) is 10.8. The molecule has 1 aromatic heterocycles. The monoisotopic (exact) mass is 478 g/mol. The molecular formula is C23H31FN4O6. The van der Waals surface area contributed by atoms with Crippen LogP contribution in [0.3, 0.4) is 0 Å². The minimum atomic E-state index is -1.36. The van der Waals surface area contributed by atoms with Gasteiger partial charge < -0.3 is 14.7 Å². The molecule has 0 radical (unpaired) electrons. The van der Waals surface area contributed by atoms with Crippen LogP contribution >= 0.6 is 0 Å². The van der Waals surface area contributed by atoms with Gasteiger partial charge in [0.2, 0.25) is 5.91 Å². The second-order valence-electron chi connectivity index (χ2n) is 8.34. The molecular weight excluding hydrogens is 447 g/mol. The summed E-state index contributed by atoms with van der Waals surface area (Å²) in [4.78, 5) is 44.2. The summed E-state index contributed by atoms with van der Waals surface area (Å²) in [7, 11) is 2.68. The van der Waals surface area contributed by atoms with Crippen LogP contribution in [-0.2, 0) is 16.2 Å². The van der Waals surface area contributed by atoms with Crippen molar-refractivity contribution in [1.82, 2.24) is 9.24 Å². The number of amides is 1. The maximum Gasteiger partial charge on any atom is 0.350 e. The number of oxime groups is 1. The molecule has 11 heteroatoms. The molecule has 0 spiro atoms. The lowest BCUT2D eigenvalue weighted by atomic mass is 10.1. The van der Waals surface area contributed by atoms with Crippen LogP contribution in [-0.4, -0.2) is 46.2 Å². The zero-order valence-corrected chi connectivity index (χ0v) is 20.4. The standard InChI is InChI=1S/C23H31FN4O6/c1-13(2)21(30)26(6)28-22(31)18(15(5)25-34-14(3)4)11-27(23(28)32)12-19(29)17-10-16(24)8-9-20(17)33-7/h8-11,13-14,19,29H,12H2,1-7H3/b25-15+. The molecule has 0 fully saturated rings. The summed E-state index contributed by atoms with van der Waals surface area (Å²) in [6.45, 7) is 7.95. The molecule has 1 unspecified atom stereocenters. The normalized spacial score (nSPS) is 12.7. The van der Waals surface area contributed by atoms with E-state index in [9.17, 15) is 23.9 Å². The maximum atomic E-state index is 13.8. The summed E-state index contributed by atoms with van der Waals surface area (Å²) in [5, 5.41) is 15.7. The van der Waals surface area contributed by atoms with Crippen LogP contribution in [0.5, 0.6) is 5.75 Å². The zero-order chi connectivity index (χ0) is 25.7. The number of carbonyl (C=O) groups excluding carboxylic acids is 1. The van der Waals surface area contributed by atoms with Gasteiger partial charge in [0, 0.05) is 24.7 Å². The molecule has 0 saturated heterocycles. The second kappa shape index (κ2) is 11.1. The van der Waals surface area contributed by atoms with Crippen molar-refractivity contribution >= 4 is 11.6 Å². The third kappa shape index (κ3) is 5.90. The van der Waals surface area contributed by atoms with Gasteiger partial charge in [-0.3, -0.25) is 14.2 Å². The van der Waals surface area contributed by atoms with E-state index in [1.165, 1.54) is 39.4 Å². The molecule has 1 heterocycles. The molecule has 1 amide bonds. The highest BCUT2D eigenvalue weighted by Crippen LogP contribution is 2.26. The van der Waals surface area contributed by atoms with Crippen LogP contribution < -0.4 is 21.0 Å². The summed E-state index contributed by atoms with van der Waals surface area (Å²) in [6.07, 6.45) is -0.389. The van der Waals surface area contributed by atoms with Crippen molar-refractivity contribution < 1.29 is 23.9 Å². The lowest BCUT2D eigenvalue weighted by Gasteiger charge is -2.23. The largest absolute Gasteiger partial charge is 0.496 e. The fourth-order valence-electron chi connectivity index (χ4n) is 3.19. The molecule has 186 valence electrons. The SMILES string of the molecule is COc1ccc(F)cc1C(O)Cn1cc(/C(C)=N/OC(C)C)c(=O)n(N(C)C(=O)C(C)C)c1=O. The first kappa shape index (κ1) is 26.8. The average Bonchev–Trinajstić information content (AvgIpc) is 2.78. The molecule has 0 aliphatic heterocycles. The summed E-state index contributed by atoms with van der Waals surface area (Å²) < 4.78 is 20.7. The molecule has 1 N–H and O–H groups in total. The van der Waals surface area contributed by atoms with Crippen LogP contribution in [0.4, 0.5) is 4.39 Å². The van der Waals surface area contributed by atoms with Gasteiger partial charge in [-0.05, 0) is 39.0 Å². The lowest BCUT2D eigenvalue weighted by Crippen LogP contribution is -2.55. The Labute approximate surface area is 196 Å². The fraction of sp³-hybridized carbons (Fsp3) is 0.478. The number of aliphatic hydroxyl groups excluding tert-OH is 1. The number of hydrogen-bond donors (Lipinski definition) is 1. The number of hydrogen-bond acceptors (Lipinski definition) is 7. The van der Waals surface area contributed by atoms with Gasteiger partial charge in [-0.1, -0.05) is 19.0 Å². The third-order valence-corrected chi connectivity index (χ3v) is 4.96. The Kier molecular flexibility index (Phi) is 8.74. The van der Waals surface area contributed by atoms with Crippen molar-refractivity contribution in [2.45, 2.75) is 53.4 Å². The number of nitrogens with zero attached hydrogens (tertiary/aromatic N) is 4. The highest BCUT2D eigenvalue weighted by molar-refractivity contribution is 5.97. The van der Waals surface area contributed by atoms with Gasteiger partial charge in [0.1, 0.15) is 23.8 Å². The number of methoxy groups -OCH3 is 1. The van der Waals surface area contributed by atoms with E-state index in [0.717, 1.165) is 15.6 Å². The van der Waals surface area contributed by atoms with Crippen molar-refractivity contribution in [2.75, 3.05) is 19.2 Å². The Morgan fingerprint density at radius 1 is 1.24 bits per heavy atom. The van der Waals surface area contributed by atoms with Crippen LogP contribution in [0.2, 0.25) is 0 Å². The first-order chi connectivity index (χ1) is 15.9. The topological polar surface area (TPSA) is 115 Å². The fourth-order valence-corrected chi connectivity index (χ4v) is 3.19. The summed E-state index contributed by atoms with van der Waals surface area (Å²) >= 11 is 0. The Bertz CT molecular complexity index is 1180. The summed E-state index contributed by atoms with van der Waals surface area (Å²) in [6, 6.07) is 3.64. The number of benzene rings is 1. The van der Waals surface area contributed by atoms with Gasteiger partial charge in [-0.25, -0.2) is 14.2 Å². The molecule has 10 nitrogen and oxygen atoms in total. The van der Waals surface area contributed by atoms with Crippen molar-refractivity contribution in [2.24, 2.45) is 11.1 Å². The third-order valence-electron chi connectivity index (χ3n) is 4.96. The molecule has 0 aliphatic carbocycles. The predicted molar refractivity (Wildman–Crippen MR) is 125 cm³/mol. The molecule has 0 saturated carbocycles. The van der Waals surface area contributed by atoms with E-state index in [0.29, 0.717) is 4.68 Å². The van der Waals surface area contributed by atoms with E-state index in [4.69, 9.17) is 9.57 Å². The van der Waals surface area contributed by atoms with Gasteiger partial charge in [0.05, 0.1) is 24.9 Å². The first-order valence-electron chi connectivity index (χ1n) is 10.8. The van der Waals surface area contributed by atoms with Crippen LogP contribution in [0, 0.1) is 11.7 Å². The number of carbonyl (C=O) groups is 1. The molecule has 2 rings (SSSR count). The number of aliphatic hydroxyl groups is 1. The van der Waals surface area contributed by atoms with Crippen molar-refractivity contribution in [1.29, 1.82) is 0 Å². The van der Waals surface area contributed by atoms with Crippen molar-refractivity contribution in [3.63, 3.8) is 0 Å². The predicted octanol–water partition coefficient (Wildman–Crippen LogP) is 1.79. The summed E-state index contributed by atoms with van der Waals surface area (Å²) in [5.41, 5.74) is -1.36. The molecule has 1 aromatic carbocycles. The maximum absolute atomic E-state index is 13.8. The van der Waals surface area contributed by atoms with E-state index in [2.05, 4.69) is 5.16 Å². The van der Waals surface area contributed by atoms with E-state index < -0.39 is 35.0 Å². The number of aromatic nitrogens is 2. The highest BCUT2D eigenvalue weighted by atomic mass is 19.1. The van der Waals surface area contributed by atoms with Gasteiger partial charge in [-0.15, -0.1) is 0 Å². The Morgan fingerprint density at radius 2 is 1.88 bits per heavy atom. The molecule has 0 aliphatic rings. The van der Waals surface area contributed by atoms with E-state index in [1.807, 2.05) is 0 Å². The van der Waals surface area contributed by atoms with E-state index in [-0.39, 0.29) is 35.2 Å². The van der Waals surface area contributed by atoms with Gasteiger partial charge >= 0.3 is 5.69 Å². The zero-order valence-electron chi connectivity index (χ0n) is 20.4. The Morgan fingerprint density at radius 3 is 2.44 bits per heavy atom. The summed E-state index contributed by atoms with van der Waals surface area (Å²) in [5.74, 6) is -1.33. The highest BCUT2D eigenvalue weighted by Gasteiger charge is 2.24.